The highest BCUT2D eigenvalue weighted by atomic mass is 32.2. The van der Waals surface area contributed by atoms with Gasteiger partial charge in [-0.1, -0.05) is 26.8 Å². The third-order valence-electron chi connectivity index (χ3n) is 5.60. The number of pyridine rings is 1. The molecule has 216 valence electrons. The summed E-state index contributed by atoms with van der Waals surface area (Å²) in [5.74, 6) is -3.22. The van der Waals surface area contributed by atoms with Crippen molar-refractivity contribution in [2.45, 2.75) is 27.3 Å². The predicted molar refractivity (Wildman–Crippen MR) is 147 cm³/mol. The molecule has 0 radical (unpaired) electrons. The summed E-state index contributed by atoms with van der Waals surface area (Å²) < 4.78 is 85.2. The molecular weight excluding hydrogens is 564 g/mol. The smallest absolute Gasteiger partial charge is 0.261 e. The normalized spacial score (nSPS) is 11.9. The van der Waals surface area contributed by atoms with Crippen LogP contribution in [0.5, 0.6) is 0 Å². The van der Waals surface area contributed by atoms with Crippen LogP contribution in [0.4, 0.5) is 23.5 Å². The van der Waals surface area contributed by atoms with Crippen molar-refractivity contribution in [3.8, 4) is 34.0 Å². The first-order chi connectivity index (χ1) is 19.0. The number of fused-ring (bicyclic) bond motifs is 1. The van der Waals surface area contributed by atoms with Crippen molar-refractivity contribution in [1.29, 1.82) is 0 Å². The molecule has 0 atom stereocenters. The van der Waals surface area contributed by atoms with Gasteiger partial charge in [0.25, 0.3) is 10.1 Å². The number of anilines is 1. The highest BCUT2D eigenvalue weighted by Crippen LogP contribution is 2.36. The van der Waals surface area contributed by atoms with Crippen LogP contribution in [0.15, 0.2) is 48.5 Å². The molecule has 2 aromatic carbocycles. The van der Waals surface area contributed by atoms with Gasteiger partial charge in [0.15, 0.2) is 5.65 Å². The second kappa shape index (κ2) is 10.9. The first-order valence-electron chi connectivity index (χ1n) is 12.1. The molecule has 5 rings (SSSR count). The van der Waals surface area contributed by atoms with Crippen molar-refractivity contribution in [2.75, 3.05) is 12.0 Å². The number of rotatable bonds is 4. The number of benzene rings is 2. The molecule has 5 aromatic rings. The minimum atomic E-state index is -3.67. The number of halogens is 4. The Morgan fingerprint density at radius 2 is 1.59 bits per heavy atom. The number of nitrogens with one attached hydrogen (secondary N) is 1. The summed E-state index contributed by atoms with van der Waals surface area (Å²) in [5, 5.41) is 0. The molecular formula is C27H26F4N6O3S. The number of H-pyrrole nitrogens is 1. The second-order valence-corrected chi connectivity index (χ2v) is 11.9. The lowest BCUT2D eigenvalue weighted by molar-refractivity contribution is 0.350. The Bertz CT molecular complexity index is 1830. The molecule has 14 heteroatoms. The molecule has 0 fully saturated rings. The topological polar surface area (TPSA) is 140 Å². The molecule has 41 heavy (non-hydrogen) atoms. The lowest BCUT2D eigenvalue weighted by Gasteiger charge is -2.19. The summed E-state index contributed by atoms with van der Waals surface area (Å²) in [6, 6.07) is 9.75. The lowest BCUT2D eigenvalue weighted by atomic mass is 9.97. The van der Waals surface area contributed by atoms with E-state index in [9.17, 15) is 26.0 Å². The van der Waals surface area contributed by atoms with E-state index in [1.165, 1.54) is 12.1 Å². The molecule has 0 aliphatic carbocycles. The number of hydrogen-bond acceptors (Lipinski definition) is 6. The van der Waals surface area contributed by atoms with Crippen LogP contribution >= 0.6 is 0 Å². The van der Waals surface area contributed by atoms with Crippen LogP contribution in [0.25, 0.3) is 45.2 Å². The van der Waals surface area contributed by atoms with Gasteiger partial charge >= 0.3 is 0 Å². The molecule has 3 aromatic heterocycles. The number of aromatic nitrogens is 5. The Hall–Kier alpha value is -4.30. The van der Waals surface area contributed by atoms with E-state index in [-0.39, 0.29) is 34.1 Å². The molecule has 4 N–H and O–H groups in total. The molecule has 0 bridgehead atoms. The number of nitrogen functional groups attached to an aromatic ring is 1. The molecule has 0 saturated heterocycles. The Balaban J connectivity index is 0.000000714. The zero-order valence-electron chi connectivity index (χ0n) is 22.4. The quantitative estimate of drug-likeness (QED) is 0.176. The summed E-state index contributed by atoms with van der Waals surface area (Å²) in [7, 11) is -3.67. The standard InChI is InChI=1S/C26H22F4N6.CH4O3S/c1-26(2,3)12-36-24-19(33-25(36)31)10-9-18(32-24)22-21(14-8-7-13(27)11-17(14)30)34-23(35-22)20-15(28)5-4-6-16(20)29;1-5(2,3)4/h4-11H,12H2,1-3H3,(H2,31,33)(H,34,35);1H3,(H,2,3,4). The van der Waals surface area contributed by atoms with Crippen LogP contribution in [0, 0.1) is 28.7 Å². The lowest BCUT2D eigenvalue weighted by Crippen LogP contribution is -2.17. The van der Waals surface area contributed by atoms with Crippen LogP contribution in [-0.4, -0.2) is 43.7 Å². The van der Waals surface area contributed by atoms with Crippen LogP contribution in [0.2, 0.25) is 0 Å². The molecule has 0 saturated carbocycles. The fraction of sp³-hybridized carbons (Fsp3) is 0.222. The van der Waals surface area contributed by atoms with E-state index in [0.717, 1.165) is 18.2 Å². The van der Waals surface area contributed by atoms with E-state index in [1.54, 1.807) is 16.7 Å². The van der Waals surface area contributed by atoms with Crippen LogP contribution in [0.3, 0.4) is 0 Å². The van der Waals surface area contributed by atoms with Gasteiger partial charge in [0, 0.05) is 18.2 Å². The fourth-order valence-electron chi connectivity index (χ4n) is 4.07. The Morgan fingerprint density at radius 1 is 0.951 bits per heavy atom. The molecule has 0 amide bonds. The van der Waals surface area contributed by atoms with Gasteiger partial charge < -0.3 is 10.7 Å². The monoisotopic (exact) mass is 590 g/mol. The summed E-state index contributed by atoms with van der Waals surface area (Å²) in [6.07, 6.45) is 0.715. The zero-order valence-corrected chi connectivity index (χ0v) is 23.2. The number of nitrogens with two attached hydrogens (primary N) is 1. The van der Waals surface area contributed by atoms with Crippen LogP contribution in [0.1, 0.15) is 20.8 Å². The van der Waals surface area contributed by atoms with Gasteiger partial charge in [-0.25, -0.2) is 32.5 Å². The first-order valence-corrected chi connectivity index (χ1v) is 13.9. The summed E-state index contributed by atoms with van der Waals surface area (Å²) in [4.78, 5) is 16.3. The van der Waals surface area contributed by atoms with Gasteiger partial charge in [-0.05, 0) is 41.8 Å². The summed E-state index contributed by atoms with van der Waals surface area (Å²) >= 11 is 0. The number of nitrogens with zero attached hydrogens (tertiary/aromatic N) is 4. The zero-order chi connectivity index (χ0) is 30.3. The predicted octanol–water partition coefficient (Wildman–Crippen LogP) is 5.84. The van der Waals surface area contributed by atoms with Crippen LogP contribution < -0.4 is 5.73 Å². The van der Waals surface area contributed by atoms with Crippen molar-refractivity contribution >= 4 is 27.2 Å². The fourth-order valence-corrected chi connectivity index (χ4v) is 4.07. The maximum Gasteiger partial charge on any atom is 0.261 e. The van der Waals surface area contributed by atoms with Gasteiger partial charge in [-0.15, -0.1) is 0 Å². The van der Waals surface area contributed by atoms with Gasteiger partial charge in [-0.3, -0.25) is 9.12 Å². The van der Waals surface area contributed by atoms with Crippen molar-refractivity contribution < 1.29 is 30.5 Å². The molecule has 3 heterocycles. The summed E-state index contributed by atoms with van der Waals surface area (Å²) in [5.41, 5.74) is 7.10. The van der Waals surface area contributed by atoms with Crippen molar-refractivity contribution in [3.05, 3.63) is 71.8 Å². The van der Waals surface area contributed by atoms with Crippen molar-refractivity contribution in [3.63, 3.8) is 0 Å². The number of aromatic amines is 1. The first kappa shape index (κ1) is 29.7. The maximum atomic E-state index is 14.8. The largest absolute Gasteiger partial charge is 0.369 e. The van der Waals surface area contributed by atoms with Crippen molar-refractivity contribution in [2.24, 2.45) is 5.41 Å². The molecule has 0 unspecified atom stereocenters. The summed E-state index contributed by atoms with van der Waals surface area (Å²) in [6.45, 7) is 6.66. The minimum absolute atomic E-state index is 0.0202. The number of hydrogen-bond donors (Lipinski definition) is 3. The van der Waals surface area contributed by atoms with E-state index in [2.05, 4.69) is 15.0 Å². The van der Waals surface area contributed by atoms with E-state index in [4.69, 9.17) is 15.3 Å². The van der Waals surface area contributed by atoms with E-state index in [0.29, 0.717) is 35.7 Å². The SMILES string of the molecule is CC(C)(C)Cn1c(N)nc2ccc(-c3[nH]c(-c4c(F)cccc4F)nc3-c3ccc(F)cc3F)nc21.CS(=O)(=O)O. The van der Waals surface area contributed by atoms with E-state index >= 15 is 0 Å². The molecule has 0 aliphatic heterocycles. The Kier molecular flexibility index (Phi) is 7.91. The third kappa shape index (κ3) is 6.89. The highest BCUT2D eigenvalue weighted by molar-refractivity contribution is 7.85. The maximum absolute atomic E-state index is 14.8. The number of imidazole rings is 2. The molecule has 9 nitrogen and oxygen atoms in total. The minimum Gasteiger partial charge on any atom is -0.369 e. The average molecular weight is 591 g/mol. The van der Waals surface area contributed by atoms with Gasteiger partial charge in [-0.2, -0.15) is 8.42 Å². The van der Waals surface area contributed by atoms with Gasteiger partial charge in [0.1, 0.15) is 40.3 Å². The van der Waals surface area contributed by atoms with E-state index in [1.807, 2.05) is 20.8 Å². The van der Waals surface area contributed by atoms with E-state index < -0.39 is 39.0 Å². The highest BCUT2D eigenvalue weighted by Gasteiger charge is 2.24. The third-order valence-corrected chi connectivity index (χ3v) is 5.60. The molecule has 0 spiro atoms. The van der Waals surface area contributed by atoms with Gasteiger partial charge in [0.2, 0.25) is 5.95 Å². The van der Waals surface area contributed by atoms with Gasteiger partial charge in [0.05, 0.1) is 23.2 Å². The Morgan fingerprint density at radius 3 is 2.17 bits per heavy atom. The Labute approximate surface area is 232 Å². The second-order valence-electron chi connectivity index (χ2n) is 10.4. The average Bonchev–Trinajstić information content (AvgIpc) is 3.38. The molecule has 0 aliphatic rings. The van der Waals surface area contributed by atoms with Crippen molar-refractivity contribution in [1.82, 2.24) is 24.5 Å². The van der Waals surface area contributed by atoms with Crippen LogP contribution in [-0.2, 0) is 16.7 Å².